The van der Waals surface area contributed by atoms with E-state index in [0.29, 0.717) is 38.2 Å². The summed E-state index contributed by atoms with van der Waals surface area (Å²) in [5.41, 5.74) is 4.01. The Balaban J connectivity index is 1.29. The maximum Gasteiger partial charge on any atom is 0.272 e. The van der Waals surface area contributed by atoms with E-state index in [1.807, 2.05) is 29.2 Å². The Kier molecular flexibility index (Phi) is 5.14. The van der Waals surface area contributed by atoms with Crippen molar-refractivity contribution in [1.29, 1.82) is 0 Å². The molecule has 1 aliphatic carbocycles. The number of anilines is 1. The number of benzene rings is 1. The van der Waals surface area contributed by atoms with Gasteiger partial charge in [0.2, 0.25) is 5.91 Å². The molecule has 2 aromatic rings. The van der Waals surface area contributed by atoms with Crippen molar-refractivity contribution in [2.24, 2.45) is 0 Å². The molecule has 1 fully saturated rings. The minimum absolute atomic E-state index is 0.0566. The van der Waals surface area contributed by atoms with Gasteiger partial charge in [0.25, 0.3) is 5.91 Å². The van der Waals surface area contributed by atoms with Crippen LogP contribution in [0.1, 0.15) is 40.2 Å². The number of hydrogen-bond acceptors (Lipinski definition) is 5. The molecular formula is C24H27N5O3. The minimum Gasteiger partial charge on any atom is -0.373 e. The molecule has 32 heavy (non-hydrogen) atoms. The van der Waals surface area contributed by atoms with Crippen molar-refractivity contribution in [2.45, 2.75) is 43.8 Å². The van der Waals surface area contributed by atoms with E-state index in [1.165, 1.54) is 0 Å². The molecule has 3 aliphatic rings. The Hall–Kier alpha value is -3.31. The molecule has 1 unspecified atom stereocenters. The lowest BCUT2D eigenvalue weighted by Crippen LogP contribution is -2.45. The van der Waals surface area contributed by atoms with Crippen molar-refractivity contribution < 1.29 is 14.3 Å². The van der Waals surface area contributed by atoms with Crippen LogP contribution < -0.4 is 5.32 Å². The van der Waals surface area contributed by atoms with Crippen molar-refractivity contribution in [2.75, 3.05) is 32.1 Å². The molecule has 1 aromatic carbocycles. The molecule has 5 rings (SSSR count). The number of ether oxygens (including phenoxy) is 1. The molecule has 2 aliphatic heterocycles. The Morgan fingerprint density at radius 1 is 1.38 bits per heavy atom. The van der Waals surface area contributed by atoms with Crippen LogP contribution >= 0.6 is 0 Å². The van der Waals surface area contributed by atoms with Gasteiger partial charge in [0.1, 0.15) is 18.3 Å². The zero-order valence-corrected chi connectivity index (χ0v) is 18.2. The Morgan fingerprint density at radius 3 is 2.94 bits per heavy atom. The molecule has 0 saturated heterocycles. The fourth-order valence-corrected chi connectivity index (χ4v) is 4.73. The van der Waals surface area contributed by atoms with Crippen LogP contribution in [0.25, 0.3) is 0 Å². The summed E-state index contributed by atoms with van der Waals surface area (Å²) in [7, 11) is 1.80. The van der Waals surface area contributed by atoms with Gasteiger partial charge in [0.15, 0.2) is 0 Å². The smallest absolute Gasteiger partial charge is 0.272 e. The number of amides is 2. The number of carbonyl (C=O) groups excluding carboxylic acids is 2. The normalized spacial score (nSPS) is 20.0. The second kappa shape index (κ2) is 7.99. The van der Waals surface area contributed by atoms with Crippen LogP contribution in [-0.2, 0) is 28.9 Å². The van der Waals surface area contributed by atoms with Crippen molar-refractivity contribution in [3.05, 3.63) is 46.8 Å². The molecular weight excluding hydrogens is 406 g/mol. The van der Waals surface area contributed by atoms with E-state index in [9.17, 15) is 9.59 Å². The fourth-order valence-electron chi connectivity index (χ4n) is 4.73. The minimum atomic E-state index is -0.310. The van der Waals surface area contributed by atoms with E-state index in [0.717, 1.165) is 35.3 Å². The number of hydrogen-bond donors (Lipinski definition) is 2. The van der Waals surface area contributed by atoms with Gasteiger partial charge in [-0.2, -0.15) is 5.10 Å². The van der Waals surface area contributed by atoms with Gasteiger partial charge in [0.05, 0.1) is 17.8 Å². The lowest BCUT2D eigenvalue weighted by Gasteiger charge is -2.31. The van der Waals surface area contributed by atoms with Crippen LogP contribution in [-0.4, -0.2) is 70.2 Å². The highest BCUT2D eigenvalue weighted by atomic mass is 16.5. The highest BCUT2D eigenvalue weighted by Crippen LogP contribution is 2.42. The standard InChI is InChI=1S/C24H27N5O3/c1-3-12-32-15-24(9-10-24)28(2)23(31)21-17-14-29(11-8-19(17)26-27-21)22(30)20-13-16-6-4-5-7-18(16)25-20/h1,4-7,20,25H,8-15H2,2H3,(H,26,27). The van der Waals surface area contributed by atoms with Crippen molar-refractivity contribution in [3.8, 4) is 12.3 Å². The Labute approximate surface area is 187 Å². The summed E-state index contributed by atoms with van der Waals surface area (Å²) in [5.74, 6) is 2.40. The van der Waals surface area contributed by atoms with E-state index in [-0.39, 0.29) is 30.0 Å². The fraction of sp³-hybridized carbons (Fsp3) is 0.458. The third-order valence-electron chi connectivity index (χ3n) is 6.91. The number of fused-ring (bicyclic) bond motifs is 2. The monoisotopic (exact) mass is 433 g/mol. The van der Waals surface area contributed by atoms with Crippen LogP contribution in [0.5, 0.6) is 0 Å². The van der Waals surface area contributed by atoms with Gasteiger partial charge >= 0.3 is 0 Å². The molecule has 2 amide bonds. The summed E-state index contributed by atoms with van der Waals surface area (Å²) in [6.07, 6.45) is 8.35. The van der Waals surface area contributed by atoms with Crippen molar-refractivity contribution in [1.82, 2.24) is 20.0 Å². The van der Waals surface area contributed by atoms with Gasteiger partial charge in [-0.15, -0.1) is 6.42 Å². The second-order valence-electron chi connectivity index (χ2n) is 8.88. The SMILES string of the molecule is C#CCOCC1(N(C)C(=O)c2[nH]nc3c2CN(C(=O)C2Cc4ccccc4N2)CC3)CC1. The Morgan fingerprint density at radius 2 is 2.19 bits per heavy atom. The predicted molar refractivity (Wildman–Crippen MR) is 119 cm³/mol. The number of terminal acetylenes is 1. The molecule has 8 heteroatoms. The van der Waals surface area contributed by atoms with E-state index in [2.05, 4.69) is 21.4 Å². The van der Waals surface area contributed by atoms with Gasteiger partial charge in [-0.25, -0.2) is 0 Å². The maximum absolute atomic E-state index is 13.3. The number of H-pyrrole nitrogens is 1. The predicted octanol–water partition coefficient (Wildman–Crippen LogP) is 1.59. The molecule has 166 valence electrons. The quantitative estimate of drug-likeness (QED) is 0.533. The van der Waals surface area contributed by atoms with Crippen LogP contribution in [0.2, 0.25) is 0 Å². The van der Waals surface area contributed by atoms with Crippen LogP contribution in [0.4, 0.5) is 5.69 Å². The van der Waals surface area contributed by atoms with E-state index in [4.69, 9.17) is 11.2 Å². The molecule has 1 aromatic heterocycles. The number of rotatable bonds is 6. The van der Waals surface area contributed by atoms with Gasteiger partial charge < -0.3 is 19.9 Å². The zero-order valence-electron chi connectivity index (χ0n) is 18.2. The highest BCUT2D eigenvalue weighted by Gasteiger charge is 2.49. The molecule has 2 N–H and O–H groups in total. The van der Waals surface area contributed by atoms with Crippen LogP contribution in [0.15, 0.2) is 24.3 Å². The average molecular weight is 434 g/mol. The summed E-state index contributed by atoms with van der Waals surface area (Å²) in [6.45, 7) is 1.64. The first kappa shape index (κ1) is 20.6. The van der Waals surface area contributed by atoms with E-state index in [1.54, 1.807) is 11.9 Å². The topological polar surface area (TPSA) is 90.6 Å². The number of aromatic amines is 1. The molecule has 1 saturated carbocycles. The first-order valence-corrected chi connectivity index (χ1v) is 11.0. The second-order valence-corrected chi connectivity index (χ2v) is 8.88. The number of nitrogens with one attached hydrogen (secondary N) is 2. The van der Waals surface area contributed by atoms with E-state index < -0.39 is 0 Å². The van der Waals surface area contributed by atoms with Gasteiger partial charge in [-0.3, -0.25) is 14.7 Å². The number of carbonyl (C=O) groups is 2. The number of para-hydroxylation sites is 1. The number of aromatic nitrogens is 2. The first-order valence-electron chi connectivity index (χ1n) is 11.0. The van der Waals surface area contributed by atoms with Gasteiger partial charge in [-0.1, -0.05) is 24.1 Å². The van der Waals surface area contributed by atoms with Gasteiger partial charge in [-0.05, 0) is 24.5 Å². The van der Waals surface area contributed by atoms with Crippen molar-refractivity contribution in [3.63, 3.8) is 0 Å². The largest absolute Gasteiger partial charge is 0.373 e. The summed E-state index contributed by atoms with van der Waals surface area (Å²) >= 11 is 0. The first-order chi connectivity index (χ1) is 15.5. The molecule has 0 radical (unpaired) electrons. The van der Waals surface area contributed by atoms with Crippen LogP contribution in [0, 0.1) is 12.3 Å². The summed E-state index contributed by atoms with van der Waals surface area (Å²) in [5, 5.41) is 10.7. The zero-order chi connectivity index (χ0) is 22.3. The highest BCUT2D eigenvalue weighted by molar-refractivity contribution is 5.95. The molecule has 0 bridgehead atoms. The van der Waals surface area contributed by atoms with Crippen molar-refractivity contribution >= 4 is 17.5 Å². The lowest BCUT2D eigenvalue weighted by atomic mass is 10.0. The maximum atomic E-state index is 13.3. The summed E-state index contributed by atoms with van der Waals surface area (Å²) in [4.78, 5) is 30.1. The van der Waals surface area contributed by atoms with Gasteiger partial charge in [0, 0.05) is 44.2 Å². The lowest BCUT2D eigenvalue weighted by molar-refractivity contribution is -0.132. The third kappa shape index (κ3) is 3.53. The molecule has 8 nitrogen and oxygen atoms in total. The molecule has 0 spiro atoms. The third-order valence-corrected chi connectivity index (χ3v) is 6.91. The van der Waals surface area contributed by atoms with Crippen LogP contribution in [0.3, 0.4) is 0 Å². The number of nitrogens with zero attached hydrogens (tertiary/aromatic N) is 3. The molecule has 3 heterocycles. The average Bonchev–Trinajstić information content (AvgIpc) is 3.29. The Bertz CT molecular complexity index is 1070. The molecule has 1 atom stereocenters. The van der Waals surface area contributed by atoms with E-state index >= 15 is 0 Å². The number of likely N-dealkylation sites (N-methyl/N-ethyl adjacent to an activating group) is 1. The summed E-state index contributed by atoms with van der Waals surface area (Å²) < 4.78 is 5.53. The summed E-state index contributed by atoms with van der Waals surface area (Å²) in [6, 6.07) is 7.74.